The number of esters is 2. The molecule has 2 amide bonds. The van der Waals surface area contributed by atoms with E-state index in [1.165, 1.54) is 14.2 Å². The molecule has 0 bridgehead atoms. The maximum atomic E-state index is 12.1. The maximum absolute atomic E-state index is 12.1. The highest BCUT2D eigenvalue weighted by Gasteiger charge is 2.23. The van der Waals surface area contributed by atoms with Crippen LogP contribution in [-0.4, -0.2) is 66.2 Å². The van der Waals surface area contributed by atoms with Gasteiger partial charge >= 0.3 is 18.0 Å². The minimum atomic E-state index is -0.695. The van der Waals surface area contributed by atoms with E-state index in [4.69, 9.17) is 4.74 Å². The molecule has 0 aliphatic heterocycles. The zero-order chi connectivity index (χ0) is 39.8. The fraction of sp³-hybridized carbons (Fsp3) is 0.333. The number of hydrogen-bond acceptors (Lipinski definition) is 9. The van der Waals surface area contributed by atoms with Gasteiger partial charge in [-0.2, -0.15) is 0 Å². The van der Waals surface area contributed by atoms with Gasteiger partial charge in [0.1, 0.15) is 5.60 Å². The van der Waals surface area contributed by atoms with Crippen LogP contribution in [-0.2, 0) is 19.0 Å². The van der Waals surface area contributed by atoms with Gasteiger partial charge in [-0.15, -0.1) is 0 Å². The SMILES string of the molecule is CC(O)C(NC(=O)OC(C)(C)C)c1ccccc1.CC(O)C(NC(=O)c1ccccc1)c1ccccc1.CCC(=O)OC.COC(=O)c1ccccc1. The van der Waals surface area contributed by atoms with E-state index in [2.05, 4.69) is 20.1 Å². The van der Waals surface area contributed by atoms with E-state index in [-0.39, 0.29) is 17.8 Å². The highest BCUT2D eigenvalue weighted by Crippen LogP contribution is 2.19. The fourth-order valence-corrected chi connectivity index (χ4v) is 4.37. The minimum Gasteiger partial charge on any atom is -0.469 e. The molecule has 4 aromatic rings. The van der Waals surface area contributed by atoms with Gasteiger partial charge in [0, 0.05) is 12.0 Å². The van der Waals surface area contributed by atoms with E-state index in [0.29, 0.717) is 17.5 Å². The lowest BCUT2D eigenvalue weighted by Crippen LogP contribution is -2.38. The Morgan fingerprint density at radius 2 is 0.981 bits per heavy atom. The molecular formula is C42H54N2O9. The molecule has 0 aromatic heterocycles. The summed E-state index contributed by atoms with van der Waals surface area (Å²) < 4.78 is 13.9. The third kappa shape index (κ3) is 19.0. The molecule has 0 spiro atoms. The molecule has 286 valence electrons. The van der Waals surface area contributed by atoms with Crippen LogP contribution in [0.3, 0.4) is 0 Å². The second-order valence-electron chi connectivity index (χ2n) is 12.5. The highest BCUT2D eigenvalue weighted by molar-refractivity contribution is 5.94. The second kappa shape index (κ2) is 24.6. The van der Waals surface area contributed by atoms with E-state index < -0.39 is 36.0 Å². The number of carbonyl (C=O) groups excluding carboxylic acids is 4. The molecule has 0 saturated heterocycles. The topological polar surface area (TPSA) is 160 Å². The number of rotatable bonds is 9. The maximum Gasteiger partial charge on any atom is 0.408 e. The summed E-state index contributed by atoms with van der Waals surface area (Å²) in [7, 11) is 2.75. The van der Waals surface area contributed by atoms with Crippen LogP contribution in [0.15, 0.2) is 121 Å². The number of aliphatic hydroxyl groups excluding tert-OH is 2. The van der Waals surface area contributed by atoms with Crippen molar-refractivity contribution in [3.63, 3.8) is 0 Å². The smallest absolute Gasteiger partial charge is 0.408 e. The summed E-state index contributed by atoms with van der Waals surface area (Å²) in [6.45, 7) is 10.5. The molecular weight excluding hydrogens is 676 g/mol. The van der Waals surface area contributed by atoms with Gasteiger partial charge in [-0.3, -0.25) is 9.59 Å². The van der Waals surface area contributed by atoms with Gasteiger partial charge in [-0.1, -0.05) is 104 Å². The Labute approximate surface area is 313 Å². The molecule has 4 rings (SSSR count). The van der Waals surface area contributed by atoms with Crippen LogP contribution in [0.5, 0.6) is 0 Å². The number of hydrogen-bond donors (Lipinski definition) is 4. The van der Waals surface area contributed by atoms with Crippen molar-refractivity contribution < 1.29 is 43.6 Å². The number of methoxy groups -OCH3 is 2. The first kappa shape index (κ1) is 45.5. The van der Waals surface area contributed by atoms with Crippen molar-refractivity contribution in [1.29, 1.82) is 0 Å². The standard InChI is InChI=1S/C16H17NO2.C14H21NO3.C8H8O2.C4H8O2/c1-12(18)15(13-8-4-2-5-9-13)17-16(19)14-10-6-3-7-11-14;1-10(16)12(11-8-6-5-7-9-11)15-13(17)18-14(2,3)4;1-10-8(9)7-5-3-2-4-6-7;1-3-4(5)6-2/h2-12,15,18H,1H3,(H,17,19);5-10,12,16H,1-4H3,(H,15,17);2-6H,1H3;3H2,1-2H3. The summed E-state index contributed by atoms with van der Waals surface area (Å²) >= 11 is 0. The largest absolute Gasteiger partial charge is 0.469 e. The van der Waals surface area contributed by atoms with Crippen LogP contribution in [0.1, 0.15) is 91.9 Å². The molecule has 0 aliphatic carbocycles. The third-order valence-electron chi connectivity index (χ3n) is 6.99. The van der Waals surface area contributed by atoms with Crippen molar-refractivity contribution in [3.8, 4) is 0 Å². The molecule has 0 heterocycles. The number of nitrogens with one attached hydrogen (secondary N) is 2. The molecule has 4 N–H and O–H groups in total. The van der Waals surface area contributed by atoms with E-state index in [1.54, 1.807) is 77.9 Å². The molecule has 11 nitrogen and oxygen atoms in total. The van der Waals surface area contributed by atoms with Crippen LogP contribution in [0.25, 0.3) is 0 Å². The second-order valence-corrected chi connectivity index (χ2v) is 12.5. The summed E-state index contributed by atoms with van der Waals surface area (Å²) in [5, 5.41) is 25.1. The lowest BCUT2D eigenvalue weighted by molar-refractivity contribution is -0.140. The fourth-order valence-electron chi connectivity index (χ4n) is 4.37. The van der Waals surface area contributed by atoms with Crippen molar-refractivity contribution >= 4 is 23.9 Å². The number of aliphatic hydroxyl groups is 2. The summed E-state index contributed by atoms with van der Waals surface area (Å²) in [4.78, 5) is 44.6. The Morgan fingerprint density at radius 3 is 1.30 bits per heavy atom. The average Bonchev–Trinajstić information content (AvgIpc) is 3.16. The molecule has 0 saturated carbocycles. The van der Waals surface area contributed by atoms with E-state index >= 15 is 0 Å². The summed E-state index contributed by atoms with van der Waals surface area (Å²) in [5.41, 5.74) is 2.36. The molecule has 4 unspecified atom stereocenters. The zero-order valence-electron chi connectivity index (χ0n) is 31.8. The molecule has 4 atom stereocenters. The van der Waals surface area contributed by atoms with Crippen molar-refractivity contribution in [2.24, 2.45) is 0 Å². The van der Waals surface area contributed by atoms with Gasteiger partial charge in [0.05, 0.1) is 44.1 Å². The van der Waals surface area contributed by atoms with Crippen molar-refractivity contribution in [1.82, 2.24) is 10.6 Å². The molecule has 0 radical (unpaired) electrons. The molecule has 53 heavy (non-hydrogen) atoms. The number of amides is 2. The van der Waals surface area contributed by atoms with Crippen LogP contribution >= 0.6 is 0 Å². The zero-order valence-corrected chi connectivity index (χ0v) is 31.8. The average molecular weight is 731 g/mol. The van der Waals surface area contributed by atoms with Crippen LogP contribution in [0.2, 0.25) is 0 Å². The van der Waals surface area contributed by atoms with Gasteiger partial charge in [0.25, 0.3) is 5.91 Å². The Hall–Kier alpha value is -5.52. The van der Waals surface area contributed by atoms with E-state index in [1.807, 2.05) is 84.9 Å². The van der Waals surface area contributed by atoms with Gasteiger partial charge in [-0.05, 0) is 70.0 Å². The highest BCUT2D eigenvalue weighted by atomic mass is 16.6. The Bertz CT molecular complexity index is 1600. The van der Waals surface area contributed by atoms with Crippen LogP contribution < -0.4 is 10.6 Å². The lowest BCUT2D eigenvalue weighted by atomic mass is 10.0. The predicted octanol–water partition coefficient (Wildman–Crippen LogP) is 7.21. The summed E-state index contributed by atoms with van der Waals surface area (Å²) in [5.74, 6) is -0.633. The normalized spacial score (nSPS) is 12.4. The van der Waals surface area contributed by atoms with Gasteiger partial charge < -0.3 is 35.1 Å². The predicted molar refractivity (Wildman–Crippen MR) is 205 cm³/mol. The summed E-state index contributed by atoms with van der Waals surface area (Å²) in [6.07, 6.45) is -1.41. The number of alkyl carbamates (subject to hydrolysis) is 1. The Morgan fingerprint density at radius 1 is 0.604 bits per heavy atom. The van der Waals surface area contributed by atoms with Gasteiger partial charge in [0.15, 0.2) is 0 Å². The first-order valence-electron chi connectivity index (χ1n) is 17.1. The molecule has 4 aromatic carbocycles. The number of carbonyl (C=O) groups is 4. The minimum absolute atomic E-state index is 0.157. The number of benzene rings is 4. The number of ether oxygens (including phenoxy) is 3. The first-order chi connectivity index (χ1) is 25.1. The Kier molecular flexibility index (Phi) is 21.1. The van der Waals surface area contributed by atoms with Crippen molar-refractivity contribution in [2.45, 2.75) is 77.9 Å². The summed E-state index contributed by atoms with van der Waals surface area (Å²) in [6, 6.07) is 35.8. The molecule has 0 aliphatic rings. The van der Waals surface area contributed by atoms with Crippen LogP contribution in [0, 0.1) is 0 Å². The van der Waals surface area contributed by atoms with Gasteiger partial charge in [0.2, 0.25) is 0 Å². The van der Waals surface area contributed by atoms with Crippen LogP contribution in [0.4, 0.5) is 4.79 Å². The first-order valence-corrected chi connectivity index (χ1v) is 17.1. The van der Waals surface area contributed by atoms with E-state index in [0.717, 1.165) is 11.1 Å². The Balaban J connectivity index is 0.000000382. The third-order valence-corrected chi connectivity index (χ3v) is 6.99. The lowest BCUT2D eigenvalue weighted by Gasteiger charge is -2.25. The van der Waals surface area contributed by atoms with Gasteiger partial charge in [-0.25, -0.2) is 9.59 Å². The van der Waals surface area contributed by atoms with Crippen molar-refractivity contribution in [2.75, 3.05) is 14.2 Å². The van der Waals surface area contributed by atoms with Crippen molar-refractivity contribution in [3.05, 3.63) is 144 Å². The molecule has 11 heteroatoms. The monoisotopic (exact) mass is 730 g/mol. The quantitative estimate of drug-likeness (QED) is 0.103. The molecule has 0 fully saturated rings. The van der Waals surface area contributed by atoms with E-state index in [9.17, 15) is 29.4 Å².